The minimum Gasteiger partial charge on any atom is -0.288 e. The number of amides is 1. The molecule has 0 radical (unpaired) electrons. The van der Waals surface area contributed by atoms with Gasteiger partial charge in [-0.1, -0.05) is 11.8 Å². The van der Waals surface area contributed by atoms with E-state index in [-0.39, 0.29) is 39.2 Å². The van der Waals surface area contributed by atoms with Gasteiger partial charge in [-0.2, -0.15) is 15.0 Å². The molecule has 96 valence electrons. The van der Waals surface area contributed by atoms with Gasteiger partial charge >= 0.3 is 0 Å². The van der Waals surface area contributed by atoms with Gasteiger partial charge in [0.25, 0.3) is 0 Å². The Kier molecular flexibility index (Phi) is 4.04. The highest BCUT2D eigenvalue weighted by Crippen LogP contribution is 2.27. The number of nitrogens with zero attached hydrogens (tertiary/aromatic N) is 4. The molecule has 1 aromatic heterocycles. The van der Waals surface area contributed by atoms with Gasteiger partial charge in [0.05, 0.1) is 0 Å². The monoisotopic (exact) mass is 306 g/mol. The van der Waals surface area contributed by atoms with Crippen LogP contribution in [0.15, 0.2) is 0 Å². The zero-order valence-electron chi connectivity index (χ0n) is 9.26. The number of hydrogen-bond donors (Lipinski definition) is 0. The number of carbonyl (C=O) groups excluding carboxylic acids is 2. The van der Waals surface area contributed by atoms with Crippen molar-refractivity contribution >= 4 is 51.9 Å². The van der Waals surface area contributed by atoms with E-state index in [2.05, 4.69) is 15.0 Å². The van der Waals surface area contributed by atoms with Crippen molar-refractivity contribution in [2.75, 3.05) is 11.4 Å². The summed E-state index contributed by atoms with van der Waals surface area (Å²) in [4.78, 5) is 35.5. The highest BCUT2D eigenvalue weighted by Gasteiger charge is 2.33. The summed E-state index contributed by atoms with van der Waals surface area (Å²) in [5.41, 5.74) is 0. The molecule has 6 nitrogen and oxygen atoms in total. The number of anilines is 1. The first-order valence-electron chi connectivity index (χ1n) is 5.00. The average Bonchev–Trinajstić information content (AvgIpc) is 2.56. The predicted octanol–water partition coefficient (Wildman–Crippen LogP) is 1.56. The maximum Gasteiger partial charge on any atom is 0.237 e. The summed E-state index contributed by atoms with van der Waals surface area (Å²) in [7, 11) is 0. The van der Waals surface area contributed by atoms with Crippen molar-refractivity contribution in [2.45, 2.75) is 18.6 Å². The lowest BCUT2D eigenvalue weighted by atomic mass is 10.4. The van der Waals surface area contributed by atoms with Crippen molar-refractivity contribution in [3.05, 3.63) is 10.6 Å². The van der Waals surface area contributed by atoms with Gasteiger partial charge in [0.15, 0.2) is 5.12 Å². The highest BCUT2D eigenvalue weighted by atomic mass is 35.5. The third-order valence-corrected chi connectivity index (χ3v) is 3.55. The molecule has 1 aliphatic rings. The fraction of sp³-hybridized carbons (Fsp3) is 0.444. The van der Waals surface area contributed by atoms with Crippen LogP contribution in [0.1, 0.15) is 13.3 Å². The molecule has 2 rings (SSSR count). The van der Waals surface area contributed by atoms with Gasteiger partial charge < -0.3 is 0 Å². The molecule has 18 heavy (non-hydrogen) atoms. The number of aromatic nitrogens is 3. The van der Waals surface area contributed by atoms with Crippen molar-refractivity contribution < 1.29 is 9.59 Å². The Morgan fingerprint density at radius 3 is 2.50 bits per heavy atom. The van der Waals surface area contributed by atoms with Crippen LogP contribution in [-0.2, 0) is 9.59 Å². The molecule has 0 saturated carbocycles. The molecule has 9 heteroatoms. The number of thioether (sulfide) groups is 1. The molecule has 1 aliphatic heterocycles. The Bertz CT molecular complexity index is 493. The largest absolute Gasteiger partial charge is 0.288 e. The second-order valence-corrected chi connectivity index (χ2v) is 5.77. The summed E-state index contributed by atoms with van der Waals surface area (Å²) < 4.78 is 0. The number of rotatable bonds is 2. The lowest BCUT2D eigenvalue weighted by molar-refractivity contribution is -0.117. The van der Waals surface area contributed by atoms with E-state index in [0.717, 1.165) is 11.8 Å². The Morgan fingerprint density at radius 1 is 1.33 bits per heavy atom. The quantitative estimate of drug-likeness (QED) is 0.825. The molecule has 1 atom stereocenters. The van der Waals surface area contributed by atoms with E-state index < -0.39 is 0 Å². The van der Waals surface area contributed by atoms with E-state index >= 15 is 0 Å². The molecule has 0 bridgehead atoms. The summed E-state index contributed by atoms with van der Waals surface area (Å²) in [6, 6.07) is 0. The smallest absolute Gasteiger partial charge is 0.237 e. The first-order valence-corrected chi connectivity index (χ1v) is 6.64. The van der Waals surface area contributed by atoms with E-state index in [1.54, 1.807) is 0 Å². The minimum absolute atomic E-state index is 0.0265. The van der Waals surface area contributed by atoms with Crippen LogP contribution in [0.4, 0.5) is 5.95 Å². The SMILES string of the molecule is CC(=O)SC1CC(=O)N(c2nc(Cl)nc(Cl)n2)C1. The van der Waals surface area contributed by atoms with E-state index in [4.69, 9.17) is 23.2 Å². The summed E-state index contributed by atoms with van der Waals surface area (Å²) in [6.07, 6.45) is 0.269. The van der Waals surface area contributed by atoms with E-state index in [1.807, 2.05) is 0 Å². The zero-order chi connectivity index (χ0) is 13.3. The van der Waals surface area contributed by atoms with Crippen LogP contribution >= 0.6 is 35.0 Å². The van der Waals surface area contributed by atoms with Crippen LogP contribution in [0.3, 0.4) is 0 Å². The van der Waals surface area contributed by atoms with Crippen molar-refractivity contribution in [1.82, 2.24) is 15.0 Å². The van der Waals surface area contributed by atoms with Crippen molar-refractivity contribution in [3.63, 3.8) is 0 Å². The van der Waals surface area contributed by atoms with Crippen LogP contribution < -0.4 is 4.90 Å². The Morgan fingerprint density at radius 2 is 1.94 bits per heavy atom. The fourth-order valence-corrected chi connectivity index (χ4v) is 2.89. The van der Waals surface area contributed by atoms with Crippen LogP contribution in [0, 0.1) is 0 Å². The van der Waals surface area contributed by atoms with E-state index in [0.29, 0.717) is 6.54 Å². The molecule has 1 saturated heterocycles. The maximum atomic E-state index is 11.8. The summed E-state index contributed by atoms with van der Waals surface area (Å²) in [6.45, 7) is 1.83. The van der Waals surface area contributed by atoms with Crippen LogP contribution in [-0.4, -0.2) is 37.8 Å². The molecular weight excluding hydrogens is 299 g/mol. The first-order chi connectivity index (χ1) is 8.45. The zero-order valence-corrected chi connectivity index (χ0v) is 11.6. The highest BCUT2D eigenvalue weighted by molar-refractivity contribution is 8.14. The summed E-state index contributed by atoms with van der Waals surface area (Å²) >= 11 is 12.4. The van der Waals surface area contributed by atoms with Gasteiger partial charge in [0.1, 0.15) is 0 Å². The van der Waals surface area contributed by atoms with E-state index in [1.165, 1.54) is 11.8 Å². The number of carbonyl (C=O) groups is 2. The van der Waals surface area contributed by atoms with Gasteiger partial charge in [0, 0.05) is 25.1 Å². The van der Waals surface area contributed by atoms with Gasteiger partial charge in [0.2, 0.25) is 22.4 Å². The molecule has 0 spiro atoms. The molecule has 1 aromatic rings. The Balaban J connectivity index is 2.18. The summed E-state index contributed by atoms with van der Waals surface area (Å²) in [5, 5.41) is -0.258. The fourth-order valence-electron chi connectivity index (χ4n) is 1.62. The van der Waals surface area contributed by atoms with Gasteiger partial charge in [-0.25, -0.2) is 0 Å². The first kappa shape index (κ1) is 13.5. The van der Waals surface area contributed by atoms with E-state index in [9.17, 15) is 9.59 Å². The van der Waals surface area contributed by atoms with Gasteiger partial charge in [-0.3, -0.25) is 14.5 Å². The molecule has 1 fully saturated rings. The molecular formula is C9H8Cl2N4O2S. The molecule has 0 aromatic carbocycles. The third kappa shape index (κ3) is 3.09. The van der Waals surface area contributed by atoms with Crippen molar-refractivity contribution in [3.8, 4) is 0 Å². The summed E-state index contributed by atoms with van der Waals surface area (Å²) in [5.74, 6) is -0.0382. The normalized spacial score (nSPS) is 19.4. The lowest BCUT2D eigenvalue weighted by Gasteiger charge is -2.13. The van der Waals surface area contributed by atoms with Gasteiger partial charge in [-0.15, -0.1) is 0 Å². The van der Waals surface area contributed by atoms with Crippen LogP contribution in [0.5, 0.6) is 0 Å². The van der Waals surface area contributed by atoms with Crippen molar-refractivity contribution in [1.29, 1.82) is 0 Å². The van der Waals surface area contributed by atoms with Crippen LogP contribution in [0.2, 0.25) is 10.6 Å². The van der Waals surface area contributed by atoms with Crippen molar-refractivity contribution in [2.24, 2.45) is 0 Å². The predicted molar refractivity (Wildman–Crippen MR) is 68.9 cm³/mol. The van der Waals surface area contributed by atoms with Gasteiger partial charge in [-0.05, 0) is 23.2 Å². The number of halogens is 2. The molecule has 1 amide bonds. The Labute approximate surface area is 117 Å². The molecule has 1 unspecified atom stereocenters. The minimum atomic E-state index is -0.160. The topological polar surface area (TPSA) is 76.1 Å². The molecule has 0 N–H and O–H groups in total. The third-order valence-electron chi connectivity index (χ3n) is 2.23. The Hall–Kier alpha value is -0.920. The number of hydrogen-bond acceptors (Lipinski definition) is 6. The molecule has 0 aliphatic carbocycles. The maximum absolute atomic E-state index is 11.8. The second-order valence-electron chi connectivity index (χ2n) is 3.61. The lowest BCUT2D eigenvalue weighted by Crippen LogP contribution is -2.27. The average molecular weight is 307 g/mol. The standard InChI is InChI=1S/C9H8Cl2N4O2S/c1-4(16)18-5-2-6(17)15(3-5)9-13-7(10)12-8(11)14-9/h5H,2-3H2,1H3. The molecule has 2 heterocycles. The van der Waals surface area contributed by atoms with Crippen LogP contribution in [0.25, 0.3) is 0 Å². The second kappa shape index (κ2) is 5.38.